The van der Waals surface area contributed by atoms with E-state index in [-0.39, 0.29) is 12.4 Å². The van der Waals surface area contributed by atoms with Gasteiger partial charge in [-0.05, 0) is 69.2 Å². The van der Waals surface area contributed by atoms with E-state index in [1.54, 1.807) is 38.6 Å². The smallest absolute Gasteiger partial charge is 0.410 e. The lowest BCUT2D eigenvalue weighted by atomic mass is 9.99. The Labute approximate surface area is 203 Å². The van der Waals surface area contributed by atoms with Gasteiger partial charge in [-0.1, -0.05) is 6.07 Å². The highest BCUT2D eigenvalue weighted by Crippen LogP contribution is 2.40. The van der Waals surface area contributed by atoms with Gasteiger partial charge in [0.2, 0.25) is 0 Å². The van der Waals surface area contributed by atoms with Crippen LogP contribution in [0.4, 0.5) is 9.18 Å². The first-order valence-corrected chi connectivity index (χ1v) is 11.4. The number of hydrogen-bond donors (Lipinski definition) is 1. The van der Waals surface area contributed by atoms with Gasteiger partial charge in [0.05, 0.1) is 29.5 Å². The maximum Gasteiger partial charge on any atom is 0.410 e. The molecule has 35 heavy (non-hydrogen) atoms. The maximum atomic E-state index is 14.0. The third-order valence-electron chi connectivity index (χ3n) is 5.44. The van der Waals surface area contributed by atoms with Crippen molar-refractivity contribution in [1.29, 1.82) is 0 Å². The predicted molar refractivity (Wildman–Crippen MR) is 134 cm³/mol. The van der Waals surface area contributed by atoms with Crippen molar-refractivity contribution < 1.29 is 18.7 Å². The van der Waals surface area contributed by atoms with Crippen LogP contribution < -0.4 is 4.74 Å². The summed E-state index contributed by atoms with van der Waals surface area (Å²) in [5.41, 5.74) is 4.89. The number of likely N-dealkylation sites (N-methyl/N-ethyl adjacent to an activating group) is 1. The Morgan fingerprint density at radius 2 is 1.97 bits per heavy atom. The van der Waals surface area contributed by atoms with Crippen molar-refractivity contribution in [2.45, 2.75) is 33.3 Å². The molecule has 4 aromatic rings. The predicted octanol–water partition coefficient (Wildman–Crippen LogP) is 5.99. The molecule has 0 saturated carbocycles. The molecule has 0 aliphatic rings. The second kappa shape index (κ2) is 9.74. The van der Waals surface area contributed by atoms with Gasteiger partial charge < -0.3 is 19.4 Å². The SMILES string of the molecule is Cc1cc(-c2c(-c3ccncc3OCCN(C)C(=O)OC(C)(C)C)[nH]c3cccnc23)ccc1F. The Hall–Kier alpha value is -3.94. The van der Waals surface area contributed by atoms with Crippen molar-refractivity contribution in [3.63, 3.8) is 0 Å². The average molecular weight is 477 g/mol. The molecule has 7 nitrogen and oxygen atoms in total. The second-order valence-electron chi connectivity index (χ2n) is 9.36. The summed E-state index contributed by atoms with van der Waals surface area (Å²) in [6.07, 6.45) is 4.65. The van der Waals surface area contributed by atoms with Crippen LogP contribution in [0.3, 0.4) is 0 Å². The minimum atomic E-state index is -0.568. The zero-order valence-corrected chi connectivity index (χ0v) is 20.6. The number of ether oxygens (including phenoxy) is 2. The second-order valence-corrected chi connectivity index (χ2v) is 9.36. The van der Waals surface area contributed by atoms with Gasteiger partial charge in [0.15, 0.2) is 0 Å². The Morgan fingerprint density at radius 3 is 2.71 bits per heavy atom. The molecular formula is C27H29FN4O3. The number of pyridine rings is 2. The van der Waals surface area contributed by atoms with Gasteiger partial charge in [-0.25, -0.2) is 9.18 Å². The summed E-state index contributed by atoms with van der Waals surface area (Å²) in [5, 5.41) is 0. The average Bonchev–Trinajstić information content (AvgIpc) is 3.19. The number of carbonyl (C=O) groups is 1. The number of fused-ring (bicyclic) bond motifs is 1. The van der Waals surface area contributed by atoms with E-state index in [2.05, 4.69) is 15.0 Å². The van der Waals surface area contributed by atoms with E-state index < -0.39 is 11.7 Å². The molecule has 0 unspecified atom stereocenters. The zero-order valence-electron chi connectivity index (χ0n) is 20.6. The molecule has 3 heterocycles. The fourth-order valence-electron chi connectivity index (χ4n) is 3.73. The molecule has 182 valence electrons. The summed E-state index contributed by atoms with van der Waals surface area (Å²) in [5.74, 6) is 0.293. The molecule has 0 aliphatic carbocycles. The molecule has 0 spiro atoms. The van der Waals surface area contributed by atoms with Crippen LogP contribution >= 0.6 is 0 Å². The molecule has 1 aromatic carbocycles. The van der Waals surface area contributed by atoms with E-state index in [1.807, 2.05) is 45.0 Å². The van der Waals surface area contributed by atoms with Crippen LogP contribution in [0.5, 0.6) is 5.75 Å². The largest absolute Gasteiger partial charge is 0.489 e. The third-order valence-corrected chi connectivity index (χ3v) is 5.44. The lowest BCUT2D eigenvalue weighted by Crippen LogP contribution is -2.36. The molecule has 4 rings (SSSR count). The molecule has 1 amide bonds. The molecule has 8 heteroatoms. The van der Waals surface area contributed by atoms with Crippen LogP contribution in [-0.2, 0) is 4.74 Å². The zero-order chi connectivity index (χ0) is 25.2. The van der Waals surface area contributed by atoms with Crippen LogP contribution in [0.1, 0.15) is 26.3 Å². The standard InChI is InChI=1S/C27H29FN4O3/c1-17-15-18(8-9-20(17)28)23-24(31-21-7-6-11-30-25(21)23)19-10-12-29-16-22(19)34-14-13-32(5)26(33)35-27(2,3)4/h6-12,15-16,31H,13-14H2,1-5H3. The van der Waals surface area contributed by atoms with Crippen LogP contribution in [0, 0.1) is 12.7 Å². The van der Waals surface area contributed by atoms with Crippen molar-refractivity contribution in [1.82, 2.24) is 19.9 Å². The summed E-state index contributed by atoms with van der Waals surface area (Å²) in [7, 11) is 1.67. The number of hydrogen-bond acceptors (Lipinski definition) is 5. The van der Waals surface area contributed by atoms with Gasteiger partial charge >= 0.3 is 6.09 Å². The number of nitrogens with zero attached hydrogens (tertiary/aromatic N) is 3. The van der Waals surface area contributed by atoms with E-state index in [4.69, 9.17) is 9.47 Å². The Balaban J connectivity index is 1.66. The number of carbonyl (C=O) groups excluding carboxylic acids is 1. The van der Waals surface area contributed by atoms with Gasteiger partial charge in [-0.2, -0.15) is 0 Å². The number of amides is 1. The highest BCUT2D eigenvalue weighted by molar-refractivity contribution is 6.02. The summed E-state index contributed by atoms with van der Waals surface area (Å²) < 4.78 is 25.5. The minimum absolute atomic E-state index is 0.248. The minimum Gasteiger partial charge on any atom is -0.489 e. The van der Waals surface area contributed by atoms with Gasteiger partial charge in [-0.15, -0.1) is 0 Å². The number of aromatic nitrogens is 3. The molecule has 0 bridgehead atoms. The highest BCUT2D eigenvalue weighted by atomic mass is 19.1. The van der Waals surface area contributed by atoms with Gasteiger partial charge in [0.1, 0.15) is 23.8 Å². The summed E-state index contributed by atoms with van der Waals surface area (Å²) in [4.78, 5) is 26.0. The van der Waals surface area contributed by atoms with Gasteiger partial charge in [-0.3, -0.25) is 9.97 Å². The molecule has 0 aliphatic heterocycles. The lowest BCUT2D eigenvalue weighted by molar-refractivity contribution is 0.0278. The number of aromatic amines is 1. The van der Waals surface area contributed by atoms with Gasteiger partial charge in [0, 0.05) is 30.6 Å². The summed E-state index contributed by atoms with van der Waals surface area (Å²) >= 11 is 0. The highest BCUT2D eigenvalue weighted by Gasteiger charge is 2.21. The normalized spacial score (nSPS) is 11.5. The number of rotatable bonds is 6. The molecule has 3 aromatic heterocycles. The molecule has 0 saturated heterocycles. The first kappa shape index (κ1) is 24.2. The Bertz CT molecular complexity index is 1360. The number of nitrogens with one attached hydrogen (secondary N) is 1. The van der Waals surface area contributed by atoms with Crippen LogP contribution in [0.25, 0.3) is 33.4 Å². The van der Waals surface area contributed by atoms with Crippen molar-refractivity contribution in [3.8, 4) is 28.1 Å². The molecule has 0 atom stereocenters. The lowest BCUT2D eigenvalue weighted by Gasteiger charge is -2.24. The van der Waals surface area contributed by atoms with Crippen molar-refractivity contribution in [2.24, 2.45) is 0 Å². The van der Waals surface area contributed by atoms with E-state index >= 15 is 0 Å². The first-order chi connectivity index (χ1) is 16.6. The topological polar surface area (TPSA) is 80.3 Å². The van der Waals surface area contributed by atoms with Crippen molar-refractivity contribution in [3.05, 3.63) is 66.4 Å². The van der Waals surface area contributed by atoms with Crippen molar-refractivity contribution >= 4 is 17.1 Å². The van der Waals surface area contributed by atoms with Gasteiger partial charge in [0.25, 0.3) is 0 Å². The summed E-state index contributed by atoms with van der Waals surface area (Å²) in [6.45, 7) is 7.80. The van der Waals surface area contributed by atoms with Crippen LogP contribution in [0.15, 0.2) is 55.0 Å². The number of H-pyrrole nitrogens is 1. The van der Waals surface area contributed by atoms with E-state index in [0.29, 0.717) is 17.9 Å². The first-order valence-electron chi connectivity index (χ1n) is 11.4. The molecular weight excluding hydrogens is 447 g/mol. The number of halogens is 1. The van der Waals surface area contributed by atoms with E-state index in [9.17, 15) is 9.18 Å². The van der Waals surface area contributed by atoms with E-state index in [0.717, 1.165) is 33.4 Å². The quantitative estimate of drug-likeness (QED) is 0.370. The molecule has 0 fully saturated rings. The van der Waals surface area contributed by atoms with Crippen LogP contribution in [0.2, 0.25) is 0 Å². The van der Waals surface area contributed by atoms with Crippen molar-refractivity contribution in [2.75, 3.05) is 20.2 Å². The fourth-order valence-corrected chi connectivity index (χ4v) is 3.73. The monoisotopic (exact) mass is 476 g/mol. The maximum absolute atomic E-state index is 14.0. The molecule has 0 radical (unpaired) electrons. The van der Waals surface area contributed by atoms with E-state index in [1.165, 1.54) is 11.0 Å². The summed E-state index contributed by atoms with van der Waals surface area (Å²) in [6, 6.07) is 10.7. The fraction of sp³-hybridized carbons (Fsp3) is 0.296. The Morgan fingerprint density at radius 1 is 1.17 bits per heavy atom. The Kier molecular flexibility index (Phi) is 6.73. The third kappa shape index (κ3) is 5.42. The number of benzene rings is 1. The van der Waals surface area contributed by atoms with Crippen LogP contribution in [-0.4, -0.2) is 51.7 Å². The number of aryl methyl sites for hydroxylation is 1. The molecule has 1 N–H and O–H groups in total.